The summed E-state index contributed by atoms with van der Waals surface area (Å²) < 4.78 is 1.85. The quantitative estimate of drug-likeness (QED) is 0.526. The molecule has 6 rings (SSSR count). The van der Waals surface area contributed by atoms with Gasteiger partial charge in [0.2, 0.25) is 5.95 Å². The van der Waals surface area contributed by atoms with Gasteiger partial charge in [0.1, 0.15) is 0 Å². The van der Waals surface area contributed by atoms with Gasteiger partial charge in [0.15, 0.2) is 0 Å². The molecule has 0 radical (unpaired) electrons. The molecule has 3 heterocycles. The molecule has 7 nitrogen and oxygen atoms in total. The summed E-state index contributed by atoms with van der Waals surface area (Å²) in [6, 6.07) is 8.28. The Balaban J connectivity index is 1.23. The highest BCUT2D eigenvalue weighted by Gasteiger charge is 2.41. The lowest BCUT2D eigenvalue weighted by Crippen LogP contribution is -2.63. The number of aromatic nitrogens is 3. The van der Waals surface area contributed by atoms with Crippen LogP contribution in [0.1, 0.15) is 61.7 Å². The summed E-state index contributed by atoms with van der Waals surface area (Å²) in [5, 5.41) is 4.65. The maximum absolute atomic E-state index is 13.7. The third kappa shape index (κ3) is 4.42. The minimum atomic E-state index is -0.0826. The maximum Gasteiger partial charge on any atom is 0.253 e. The van der Waals surface area contributed by atoms with Crippen LogP contribution >= 0.6 is 11.6 Å². The van der Waals surface area contributed by atoms with E-state index in [1.807, 2.05) is 29.0 Å². The zero-order chi connectivity index (χ0) is 24.5. The first kappa shape index (κ1) is 23.9. The first-order valence-electron chi connectivity index (χ1n) is 13.5. The van der Waals surface area contributed by atoms with Gasteiger partial charge >= 0.3 is 0 Å². The third-order valence-electron chi connectivity index (χ3n) is 8.73. The Kier molecular flexibility index (Phi) is 6.71. The Hall–Kier alpha value is -2.48. The number of fused-ring (bicyclic) bond motifs is 1. The Bertz CT molecular complexity index is 1210. The van der Waals surface area contributed by atoms with Crippen molar-refractivity contribution in [2.75, 3.05) is 32.7 Å². The second-order valence-corrected chi connectivity index (χ2v) is 11.1. The number of benzene rings is 1. The topological polar surface area (TPSA) is 66.3 Å². The fourth-order valence-corrected chi connectivity index (χ4v) is 6.74. The zero-order valence-electron chi connectivity index (χ0n) is 20.8. The van der Waals surface area contributed by atoms with Crippen LogP contribution in [-0.4, -0.2) is 74.5 Å². The fraction of sp³-hybridized carbons (Fsp3) is 0.536. The van der Waals surface area contributed by atoms with Crippen molar-refractivity contribution < 1.29 is 4.79 Å². The first-order chi connectivity index (χ1) is 17.6. The standard InChI is InChI=1S/C28H35ClN6O/c29-23-9-5-10-24-25(23)22(19-35(24)27-30-13-6-14-31-27)26(36)32-20-28(11-2-1-3-12-28)34-17-15-33(16-18-34)21-7-4-8-21/h5-6,9-10,13-14,19,21H,1-4,7-8,11-12,15-18,20H2,(H,32,36). The highest BCUT2D eigenvalue weighted by Crippen LogP contribution is 2.36. The molecule has 1 amide bonds. The summed E-state index contributed by atoms with van der Waals surface area (Å²) in [4.78, 5) is 27.8. The van der Waals surface area contributed by atoms with Crippen LogP contribution in [-0.2, 0) is 0 Å². The third-order valence-corrected chi connectivity index (χ3v) is 9.04. The lowest BCUT2D eigenvalue weighted by atomic mass is 9.79. The number of halogens is 1. The van der Waals surface area contributed by atoms with Crippen LogP contribution in [0.5, 0.6) is 0 Å². The highest BCUT2D eigenvalue weighted by molar-refractivity contribution is 6.37. The molecule has 0 bridgehead atoms. The van der Waals surface area contributed by atoms with E-state index in [-0.39, 0.29) is 11.4 Å². The average Bonchev–Trinajstić information content (AvgIpc) is 3.29. The van der Waals surface area contributed by atoms with Crippen molar-refractivity contribution >= 4 is 28.4 Å². The van der Waals surface area contributed by atoms with Gasteiger partial charge in [-0.25, -0.2) is 9.97 Å². The van der Waals surface area contributed by atoms with Crippen LogP contribution in [0.2, 0.25) is 5.02 Å². The monoisotopic (exact) mass is 506 g/mol. The van der Waals surface area contributed by atoms with E-state index < -0.39 is 0 Å². The Labute approximate surface area is 217 Å². The van der Waals surface area contributed by atoms with Gasteiger partial charge in [0.05, 0.1) is 16.1 Å². The Morgan fingerprint density at radius 1 is 1.00 bits per heavy atom. The number of nitrogens with zero attached hydrogens (tertiary/aromatic N) is 5. The van der Waals surface area contributed by atoms with E-state index in [2.05, 4.69) is 25.1 Å². The number of hydrogen-bond donors (Lipinski definition) is 1. The Morgan fingerprint density at radius 3 is 2.44 bits per heavy atom. The zero-order valence-corrected chi connectivity index (χ0v) is 21.6. The van der Waals surface area contributed by atoms with Gasteiger partial charge in [-0.1, -0.05) is 43.4 Å². The predicted octanol–water partition coefficient (Wildman–Crippen LogP) is 4.68. The molecule has 2 saturated carbocycles. The lowest BCUT2D eigenvalue weighted by molar-refractivity contribution is -0.0134. The van der Waals surface area contributed by atoms with E-state index in [0.717, 1.165) is 56.0 Å². The largest absolute Gasteiger partial charge is 0.350 e. The minimum Gasteiger partial charge on any atom is -0.350 e. The number of rotatable bonds is 6. The summed E-state index contributed by atoms with van der Waals surface area (Å²) in [6.45, 7) is 5.18. The molecule has 1 aromatic carbocycles. The highest BCUT2D eigenvalue weighted by atomic mass is 35.5. The van der Waals surface area contributed by atoms with Crippen molar-refractivity contribution in [3.8, 4) is 5.95 Å². The van der Waals surface area contributed by atoms with Gasteiger partial charge in [-0.2, -0.15) is 0 Å². The van der Waals surface area contributed by atoms with Gasteiger partial charge < -0.3 is 5.32 Å². The smallest absolute Gasteiger partial charge is 0.253 e. The predicted molar refractivity (Wildman–Crippen MR) is 143 cm³/mol. The van der Waals surface area contributed by atoms with Crippen molar-refractivity contribution in [1.82, 2.24) is 29.7 Å². The van der Waals surface area contributed by atoms with Gasteiger partial charge in [-0.05, 0) is 43.9 Å². The number of hydrogen-bond acceptors (Lipinski definition) is 5. The maximum atomic E-state index is 13.7. The lowest BCUT2D eigenvalue weighted by Gasteiger charge is -2.51. The summed E-state index contributed by atoms with van der Waals surface area (Å²) in [5.74, 6) is 0.442. The van der Waals surface area contributed by atoms with E-state index in [4.69, 9.17) is 11.6 Å². The molecule has 36 heavy (non-hydrogen) atoms. The fourth-order valence-electron chi connectivity index (χ4n) is 6.46. The molecule has 2 aromatic heterocycles. The molecule has 8 heteroatoms. The summed E-state index contributed by atoms with van der Waals surface area (Å²) in [5.41, 5.74) is 1.45. The summed E-state index contributed by atoms with van der Waals surface area (Å²) in [6.07, 6.45) is 15.4. The van der Waals surface area contributed by atoms with Gasteiger partial charge in [0, 0.05) is 68.3 Å². The van der Waals surface area contributed by atoms with Gasteiger partial charge in [-0.15, -0.1) is 0 Å². The molecule has 190 valence electrons. The molecule has 3 aromatic rings. The summed E-state index contributed by atoms with van der Waals surface area (Å²) in [7, 11) is 0. The molecule has 0 atom stereocenters. The first-order valence-corrected chi connectivity index (χ1v) is 13.9. The van der Waals surface area contributed by atoms with Crippen molar-refractivity contribution in [2.24, 2.45) is 0 Å². The van der Waals surface area contributed by atoms with Gasteiger partial charge in [0.25, 0.3) is 5.91 Å². The molecule has 0 spiro atoms. The molecule has 3 fully saturated rings. The van der Waals surface area contributed by atoms with E-state index >= 15 is 0 Å². The number of amides is 1. The Morgan fingerprint density at radius 2 is 1.75 bits per heavy atom. The van der Waals surface area contributed by atoms with Crippen LogP contribution in [0.4, 0.5) is 0 Å². The molecule has 2 aliphatic carbocycles. The molecular formula is C28H35ClN6O. The van der Waals surface area contributed by atoms with Crippen LogP contribution in [0.15, 0.2) is 42.9 Å². The number of piperazine rings is 1. The molecular weight excluding hydrogens is 472 g/mol. The van der Waals surface area contributed by atoms with E-state index in [1.54, 1.807) is 18.5 Å². The number of carbonyl (C=O) groups is 1. The molecule has 1 saturated heterocycles. The van der Waals surface area contributed by atoms with Crippen LogP contribution in [0.25, 0.3) is 16.9 Å². The second kappa shape index (κ2) is 10.1. The van der Waals surface area contributed by atoms with Crippen molar-refractivity contribution in [3.05, 3.63) is 53.4 Å². The van der Waals surface area contributed by atoms with Crippen molar-refractivity contribution in [3.63, 3.8) is 0 Å². The average molecular weight is 507 g/mol. The van der Waals surface area contributed by atoms with Crippen molar-refractivity contribution in [1.29, 1.82) is 0 Å². The molecule has 1 aliphatic heterocycles. The van der Waals surface area contributed by atoms with Crippen LogP contribution < -0.4 is 5.32 Å². The van der Waals surface area contributed by atoms with E-state index in [0.29, 0.717) is 23.1 Å². The SMILES string of the molecule is O=C(NCC1(N2CCN(C3CCC3)CC2)CCCCC1)c1cn(-c2ncccn2)c2cccc(Cl)c12. The van der Waals surface area contributed by atoms with Gasteiger partial charge in [-0.3, -0.25) is 19.2 Å². The molecule has 0 unspecified atom stereocenters. The van der Waals surface area contributed by atoms with Crippen LogP contribution in [0.3, 0.4) is 0 Å². The van der Waals surface area contributed by atoms with Crippen molar-refractivity contribution in [2.45, 2.75) is 62.9 Å². The number of carbonyl (C=O) groups excluding carboxylic acids is 1. The van der Waals surface area contributed by atoms with E-state index in [1.165, 1.54) is 38.5 Å². The second-order valence-electron chi connectivity index (χ2n) is 10.7. The van der Waals surface area contributed by atoms with E-state index in [9.17, 15) is 4.79 Å². The molecule has 3 aliphatic rings. The normalized spacial score (nSPS) is 21.4. The minimum absolute atomic E-state index is 0.0460. The number of nitrogens with one attached hydrogen (secondary N) is 1. The summed E-state index contributed by atoms with van der Waals surface area (Å²) >= 11 is 6.61. The van der Waals surface area contributed by atoms with Crippen LogP contribution in [0, 0.1) is 0 Å². The molecule has 1 N–H and O–H groups in total.